The number of hydrogen-bond donors (Lipinski definition) is 1. The molecule has 82 valence electrons. The molecule has 0 aliphatic rings. The lowest BCUT2D eigenvalue weighted by Gasteiger charge is -2.05. The first-order valence-electron chi connectivity index (χ1n) is 5.18. The third-order valence-electron chi connectivity index (χ3n) is 2.52. The first kappa shape index (κ1) is 10.7. The Balaban J connectivity index is 2.30. The minimum absolute atomic E-state index is 0.142. The molecule has 0 saturated carbocycles. The van der Waals surface area contributed by atoms with E-state index in [1.54, 1.807) is 0 Å². The van der Waals surface area contributed by atoms with Crippen molar-refractivity contribution in [2.75, 3.05) is 0 Å². The van der Waals surface area contributed by atoms with E-state index in [9.17, 15) is 9.50 Å². The van der Waals surface area contributed by atoms with Gasteiger partial charge in [-0.2, -0.15) is 0 Å². The van der Waals surface area contributed by atoms with Crippen LogP contribution < -0.4 is 0 Å². The summed E-state index contributed by atoms with van der Waals surface area (Å²) in [4.78, 5) is 0. The Morgan fingerprint density at radius 2 is 1.94 bits per heavy atom. The Bertz CT molecular complexity index is 506. The minimum atomic E-state index is -0.319. The molecule has 16 heavy (non-hydrogen) atoms. The first-order valence-corrected chi connectivity index (χ1v) is 5.18. The van der Waals surface area contributed by atoms with Crippen LogP contribution in [0.3, 0.4) is 0 Å². The van der Waals surface area contributed by atoms with Crippen LogP contribution >= 0.6 is 0 Å². The zero-order chi connectivity index (χ0) is 11.5. The van der Waals surface area contributed by atoms with Crippen molar-refractivity contribution in [3.05, 3.63) is 65.0 Å². The highest BCUT2D eigenvalue weighted by atomic mass is 19.1. The third-order valence-corrected chi connectivity index (χ3v) is 2.52. The molecule has 0 aromatic heterocycles. The van der Waals surface area contributed by atoms with Crippen molar-refractivity contribution in [3.63, 3.8) is 0 Å². The molecule has 2 aromatic carbocycles. The second-order valence-corrected chi connectivity index (χ2v) is 3.94. The van der Waals surface area contributed by atoms with Crippen molar-refractivity contribution < 1.29 is 9.50 Å². The van der Waals surface area contributed by atoms with E-state index in [2.05, 4.69) is 0 Å². The summed E-state index contributed by atoms with van der Waals surface area (Å²) < 4.78 is 13.0. The molecule has 0 atom stereocenters. The number of aromatic hydroxyl groups is 1. The SMILES string of the molecule is Cc1cccc(Cc2cc(F)ccc2O)c1. The maximum absolute atomic E-state index is 13.0. The van der Waals surface area contributed by atoms with Crippen molar-refractivity contribution in [1.29, 1.82) is 0 Å². The van der Waals surface area contributed by atoms with E-state index in [0.29, 0.717) is 12.0 Å². The number of hydrogen-bond acceptors (Lipinski definition) is 1. The van der Waals surface area contributed by atoms with Crippen LogP contribution in [0, 0.1) is 12.7 Å². The molecule has 0 heterocycles. The fourth-order valence-electron chi connectivity index (χ4n) is 1.74. The number of benzene rings is 2. The maximum atomic E-state index is 13.0. The van der Waals surface area contributed by atoms with E-state index in [4.69, 9.17) is 0 Å². The maximum Gasteiger partial charge on any atom is 0.123 e. The molecule has 0 aliphatic carbocycles. The summed E-state index contributed by atoms with van der Waals surface area (Å²) in [5, 5.41) is 9.60. The van der Waals surface area contributed by atoms with Crippen LogP contribution in [0.2, 0.25) is 0 Å². The van der Waals surface area contributed by atoms with Gasteiger partial charge < -0.3 is 5.11 Å². The van der Waals surface area contributed by atoms with Crippen LogP contribution in [0.25, 0.3) is 0 Å². The van der Waals surface area contributed by atoms with E-state index in [1.165, 1.54) is 18.2 Å². The predicted molar refractivity (Wildman–Crippen MR) is 62.0 cm³/mol. The summed E-state index contributed by atoms with van der Waals surface area (Å²) in [5.74, 6) is -0.177. The lowest BCUT2D eigenvalue weighted by Crippen LogP contribution is -1.90. The molecular weight excluding hydrogens is 203 g/mol. The van der Waals surface area contributed by atoms with Gasteiger partial charge in [-0.15, -0.1) is 0 Å². The number of phenolic OH excluding ortho intramolecular Hbond substituents is 1. The van der Waals surface area contributed by atoms with E-state index in [-0.39, 0.29) is 11.6 Å². The Kier molecular flexibility index (Phi) is 2.91. The number of aryl methyl sites for hydroxylation is 1. The monoisotopic (exact) mass is 216 g/mol. The highest BCUT2D eigenvalue weighted by molar-refractivity contribution is 5.37. The highest BCUT2D eigenvalue weighted by Gasteiger charge is 2.04. The normalized spacial score (nSPS) is 10.4. The summed E-state index contributed by atoms with van der Waals surface area (Å²) in [6.45, 7) is 2.01. The van der Waals surface area contributed by atoms with Gasteiger partial charge in [0.25, 0.3) is 0 Å². The van der Waals surface area contributed by atoms with Crippen LogP contribution in [0.15, 0.2) is 42.5 Å². The van der Waals surface area contributed by atoms with Crippen LogP contribution in [-0.2, 0) is 6.42 Å². The van der Waals surface area contributed by atoms with Crippen molar-refractivity contribution in [1.82, 2.24) is 0 Å². The fourth-order valence-corrected chi connectivity index (χ4v) is 1.74. The predicted octanol–water partition coefficient (Wildman–Crippen LogP) is 3.43. The topological polar surface area (TPSA) is 20.2 Å². The third kappa shape index (κ3) is 2.40. The summed E-state index contributed by atoms with van der Waals surface area (Å²) in [6.07, 6.45) is 0.547. The molecule has 2 rings (SSSR count). The summed E-state index contributed by atoms with van der Waals surface area (Å²) in [7, 11) is 0. The zero-order valence-corrected chi connectivity index (χ0v) is 9.07. The van der Waals surface area contributed by atoms with Gasteiger partial charge in [0.2, 0.25) is 0 Å². The van der Waals surface area contributed by atoms with Gasteiger partial charge in [0.15, 0.2) is 0 Å². The standard InChI is InChI=1S/C14H13FO/c1-10-3-2-4-11(7-10)8-12-9-13(15)5-6-14(12)16/h2-7,9,16H,8H2,1H3. The van der Waals surface area contributed by atoms with Gasteiger partial charge in [0, 0.05) is 12.0 Å². The summed E-state index contributed by atoms with van der Waals surface area (Å²) in [5.41, 5.74) is 2.85. The molecule has 0 bridgehead atoms. The van der Waals surface area contributed by atoms with Gasteiger partial charge in [-0.05, 0) is 30.7 Å². The van der Waals surface area contributed by atoms with Gasteiger partial charge in [0.05, 0.1) is 0 Å². The van der Waals surface area contributed by atoms with Crippen molar-refractivity contribution >= 4 is 0 Å². The van der Waals surface area contributed by atoms with Gasteiger partial charge >= 0.3 is 0 Å². The van der Waals surface area contributed by atoms with Crippen LogP contribution in [-0.4, -0.2) is 5.11 Å². The number of phenols is 1. The smallest absolute Gasteiger partial charge is 0.123 e. The first-order chi connectivity index (χ1) is 7.65. The molecule has 0 fully saturated rings. The molecule has 0 saturated heterocycles. The van der Waals surface area contributed by atoms with Crippen molar-refractivity contribution in [2.45, 2.75) is 13.3 Å². The van der Waals surface area contributed by atoms with Gasteiger partial charge in [0.1, 0.15) is 11.6 Å². The van der Waals surface area contributed by atoms with E-state index in [0.717, 1.165) is 11.1 Å². The molecule has 1 nitrogen and oxygen atoms in total. The van der Waals surface area contributed by atoms with E-state index >= 15 is 0 Å². The minimum Gasteiger partial charge on any atom is -0.508 e. The Morgan fingerprint density at radius 1 is 1.12 bits per heavy atom. The zero-order valence-electron chi connectivity index (χ0n) is 9.07. The molecule has 0 spiro atoms. The van der Waals surface area contributed by atoms with Gasteiger partial charge in [-0.25, -0.2) is 4.39 Å². The van der Waals surface area contributed by atoms with Crippen LogP contribution in [0.5, 0.6) is 5.75 Å². The van der Waals surface area contributed by atoms with E-state index < -0.39 is 0 Å². The molecule has 2 heteroatoms. The molecule has 0 aliphatic heterocycles. The van der Waals surface area contributed by atoms with Crippen molar-refractivity contribution in [3.8, 4) is 5.75 Å². The lowest BCUT2D eigenvalue weighted by molar-refractivity contribution is 0.467. The molecule has 0 radical (unpaired) electrons. The Hall–Kier alpha value is -1.83. The largest absolute Gasteiger partial charge is 0.508 e. The van der Waals surface area contributed by atoms with Gasteiger partial charge in [-0.1, -0.05) is 29.8 Å². The highest BCUT2D eigenvalue weighted by Crippen LogP contribution is 2.21. The molecule has 1 N–H and O–H groups in total. The van der Waals surface area contributed by atoms with Gasteiger partial charge in [-0.3, -0.25) is 0 Å². The van der Waals surface area contributed by atoms with E-state index in [1.807, 2.05) is 31.2 Å². The molecule has 0 amide bonds. The number of rotatable bonds is 2. The molecule has 2 aromatic rings. The van der Waals surface area contributed by atoms with Crippen LogP contribution in [0.4, 0.5) is 4.39 Å². The second kappa shape index (κ2) is 4.35. The Labute approximate surface area is 94.2 Å². The average molecular weight is 216 g/mol. The number of halogens is 1. The quantitative estimate of drug-likeness (QED) is 0.815. The average Bonchev–Trinajstić information content (AvgIpc) is 2.24. The lowest BCUT2D eigenvalue weighted by atomic mass is 10.0. The fraction of sp³-hybridized carbons (Fsp3) is 0.143. The second-order valence-electron chi connectivity index (χ2n) is 3.94. The van der Waals surface area contributed by atoms with Crippen molar-refractivity contribution in [2.24, 2.45) is 0 Å². The Morgan fingerprint density at radius 3 is 2.69 bits per heavy atom. The summed E-state index contributed by atoms with van der Waals surface area (Å²) >= 11 is 0. The summed E-state index contributed by atoms with van der Waals surface area (Å²) in [6, 6.07) is 12.0. The van der Waals surface area contributed by atoms with Crippen LogP contribution in [0.1, 0.15) is 16.7 Å². The molecular formula is C14H13FO. The molecule has 0 unspecified atom stereocenters.